The normalized spacial score (nSPS) is 24.9. The van der Waals surface area contributed by atoms with Crippen molar-refractivity contribution in [2.45, 2.75) is 64.3 Å². The van der Waals surface area contributed by atoms with E-state index < -0.39 is 0 Å². The summed E-state index contributed by atoms with van der Waals surface area (Å²) in [5.41, 5.74) is 2.20. The molecule has 142 valence electrons. The Bertz CT molecular complexity index is 755. The molecule has 2 bridgehead atoms. The number of Topliss-reactive ketones (excluding diaryl/α,β-unsaturated/α-hetero) is 1. The number of rotatable bonds is 6. The van der Waals surface area contributed by atoms with Gasteiger partial charge in [-0.25, -0.2) is 0 Å². The minimum Gasteiger partial charge on any atom is -0.491 e. The van der Waals surface area contributed by atoms with E-state index in [2.05, 4.69) is 35.2 Å². The van der Waals surface area contributed by atoms with Crippen molar-refractivity contribution in [3.63, 3.8) is 0 Å². The minimum atomic E-state index is 0.149. The minimum absolute atomic E-state index is 0.149. The summed E-state index contributed by atoms with van der Waals surface area (Å²) in [5.74, 6) is 1.30. The molecule has 0 N–H and O–H groups in total. The Hall–Kier alpha value is -2.13. The maximum absolute atomic E-state index is 13.1. The molecule has 0 saturated carbocycles. The second-order valence-corrected chi connectivity index (χ2v) is 8.27. The molecule has 0 amide bonds. The highest BCUT2D eigenvalue weighted by molar-refractivity contribution is 5.98. The van der Waals surface area contributed by atoms with Crippen molar-refractivity contribution in [2.75, 3.05) is 0 Å². The lowest BCUT2D eigenvalue weighted by molar-refractivity contribution is 0.0678. The monoisotopic (exact) mass is 363 g/mol. The summed E-state index contributed by atoms with van der Waals surface area (Å²) >= 11 is 0. The van der Waals surface area contributed by atoms with Crippen LogP contribution in [-0.2, 0) is 6.54 Å². The first-order valence-electron chi connectivity index (χ1n) is 10.2. The zero-order valence-corrected chi connectivity index (χ0v) is 16.3. The molecule has 2 aliphatic heterocycles. The molecule has 2 heterocycles. The molecule has 0 radical (unpaired) electrons. The maximum Gasteiger partial charge on any atom is 0.166 e. The summed E-state index contributed by atoms with van der Waals surface area (Å²) in [6.45, 7) is 5.04. The average molecular weight is 364 g/mol. The molecule has 2 aliphatic rings. The van der Waals surface area contributed by atoms with Crippen LogP contribution in [0.2, 0.25) is 0 Å². The van der Waals surface area contributed by atoms with Gasteiger partial charge in [-0.1, -0.05) is 30.3 Å². The van der Waals surface area contributed by atoms with Crippen molar-refractivity contribution < 1.29 is 9.53 Å². The van der Waals surface area contributed by atoms with Crippen molar-refractivity contribution in [3.8, 4) is 5.75 Å². The Morgan fingerprint density at radius 1 is 1.00 bits per heavy atom. The van der Waals surface area contributed by atoms with Gasteiger partial charge in [0.2, 0.25) is 0 Å². The molecule has 2 saturated heterocycles. The third kappa shape index (κ3) is 4.08. The number of benzene rings is 2. The van der Waals surface area contributed by atoms with Crippen molar-refractivity contribution in [2.24, 2.45) is 5.92 Å². The molecular weight excluding hydrogens is 334 g/mol. The summed E-state index contributed by atoms with van der Waals surface area (Å²) in [7, 11) is 0. The van der Waals surface area contributed by atoms with E-state index >= 15 is 0 Å². The lowest BCUT2D eigenvalue weighted by atomic mass is 9.84. The van der Waals surface area contributed by atoms with Crippen LogP contribution in [0.15, 0.2) is 54.6 Å². The predicted octanol–water partition coefficient (Wildman–Crippen LogP) is 5.10. The fourth-order valence-corrected chi connectivity index (χ4v) is 4.75. The van der Waals surface area contributed by atoms with Crippen molar-refractivity contribution >= 4 is 5.78 Å². The standard InChI is InChI=1S/C24H29NO2/c1-17(2)27-23-12-8-19(9-13-23)24(26)20-14-21-10-11-22(15-20)25(21)16-18-6-4-3-5-7-18/h3-9,12-13,17,20-22H,10-11,14-16H2,1-2H3. The van der Waals surface area contributed by atoms with E-state index in [-0.39, 0.29) is 12.0 Å². The van der Waals surface area contributed by atoms with Crippen molar-refractivity contribution in [3.05, 3.63) is 65.7 Å². The van der Waals surface area contributed by atoms with E-state index in [1.165, 1.54) is 18.4 Å². The first kappa shape index (κ1) is 18.2. The molecule has 3 heteroatoms. The number of piperidine rings is 1. The Morgan fingerprint density at radius 2 is 1.63 bits per heavy atom. The molecular formula is C24H29NO2. The molecule has 0 aromatic heterocycles. The zero-order valence-electron chi connectivity index (χ0n) is 16.3. The molecule has 3 nitrogen and oxygen atoms in total. The Kier molecular flexibility index (Phi) is 5.31. The number of nitrogens with zero attached hydrogens (tertiary/aromatic N) is 1. The molecule has 2 unspecified atom stereocenters. The second kappa shape index (κ2) is 7.85. The zero-order chi connectivity index (χ0) is 18.8. The summed E-state index contributed by atoms with van der Waals surface area (Å²) < 4.78 is 5.69. The number of hydrogen-bond acceptors (Lipinski definition) is 3. The number of hydrogen-bond donors (Lipinski definition) is 0. The summed E-state index contributed by atoms with van der Waals surface area (Å²) in [6.07, 6.45) is 4.58. The van der Waals surface area contributed by atoms with Crippen LogP contribution >= 0.6 is 0 Å². The van der Waals surface area contributed by atoms with Crippen molar-refractivity contribution in [1.82, 2.24) is 4.90 Å². The lowest BCUT2D eigenvalue weighted by Gasteiger charge is -2.38. The fraction of sp³-hybridized carbons (Fsp3) is 0.458. The van der Waals surface area contributed by atoms with Gasteiger partial charge in [0, 0.05) is 30.1 Å². The summed E-state index contributed by atoms with van der Waals surface area (Å²) in [6, 6.07) is 19.5. The molecule has 4 rings (SSSR count). The fourth-order valence-electron chi connectivity index (χ4n) is 4.75. The molecule has 0 spiro atoms. The van der Waals surface area contributed by atoms with Crippen LogP contribution in [0.5, 0.6) is 5.75 Å². The van der Waals surface area contributed by atoms with Crippen LogP contribution < -0.4 is 4.74 Å². The number of ketones is 1. The number of carbonyl (C=O) groups excluding carboxylic acids is 1. The van der Waals surface area contributed by atoms with Gasteiger partial charge >= 0.3 is 0 Å². The third-order valence-electron chi connectivity index (χ3n) is 5.97. The third-order valence-corrected chi connectivity index (χ3v) is 5.97. The second-order valence-electron chi connectivity index (χ2n) is 8.27. The first-order chi connectivity index (χ1) is 13.1. The Balaban J connectivity index is 1.41. The number of carbonyl (C=O) groups is 1. The van der Waals surface area contributed by atoms with Gasteiger partial charge in [-0.05, 0) is 69.4 Å². The number of ether oxygens (including phenoxy) is 1. The number of fused-ring (bicyclic) bond motifs is 2. The first-order valence-corrected chi connectivity index (χ1v) is 10.2. The predicted molar refractivity (Wildman–Crippen MR) is 108 cm³/mol. The van der Waals surface area contributed by atoms with E-state index in [1.807, 2.05) is 38.1 Å². The van der Waals surface area contributed by atoms with Crippen LogP contribution in [0.3, 0.4) is 0 Å². The summed E-state index contributed by atoms with van der Waals surface area (Å²) in [4.78, 5) is 15.7. The Labute approximate surface area is 162 Å². The van der Waals surface area contributed by atoms with Gasteiger partial charge in [0.05, 0.1) is 6.10 Å². The van der Waals surface area contributed by atoms with Crippen LogP contribution in [0, 0.1) is 5.92 Å². The van der Waals surface area contributed by atoms with Crippen molar-refractivity contribution in [1.29, 1.82) is 0 Å². The van der Waals surface area contributed by atoms with Crippen LogP contribution in [-0.4, -0.2) is 28.9 Å². The topological polar surface area (TPSA) is 29.5 Å². The molecule has 27 heavy (non-hydrogen) atoms. The van der Waals surface area contributed by atoms with E-state index in [0.717, 1.165) is 30.7 Å². The smallest absolute Gasteiger partial charge is 0.166 e. The largest absolute Gasteiger partial charge is 0.491 e. The lowest BCUT2D eigenvalue weighted by Crippen LogP contribution is -2.44. The SMILES string of the molecule is CC(C)Oc1ccc(C(=O)C2CC3CCC(C2)N3Cc2ccccc2)cc1. The van der Waals surface area contributed by atoms with E-state index in [9.17, 15) is 4.79 Å². The van der Waals surface area contributed by atoms with Crippen LogP contribution in [0.1, 0.15) is 55.5 Å². The summed E-state index contributed by atoms with van der Waals surface area (Å²) in [5, 5.41) is 0. The van der Waals surface area contributed by atoms with Gasteiger partial charge in [-0.15, -0.1) is 0 Å². The van der Waals surface area contributed by atoms with E-state index in [1.54, 1.807) is 0 Å². The molecule has 0 aliphatic carbocycles. The molecule has 2 fully saturated rings. The van der Waals surface area contributed by atoms with E-state index in [4.69, 9.17) is 4.74 Å². The van der Waals surface area contributed by atoms with Crippen LogP contribution in [0.4, 0.5) is 0 Å². The van der Waals surface area contributed by atoms with Gasteiger partial charge in [0.25, 0.3) is 0 Å². The highest BCUT2D eigenvalue weighted by Gasteiger charge is 2.42. The molecule has 2 aromatic rings. The highest BCUT2D eigenvalue weighted by Crippen LogP contribution is 2.40. The highest BCUT2D eigenvalue weighted by atomic mass is 16.5. The van der Waals surface area contributed by atoms with Gasteiger partial charge in [-0.3, -0.25) is 9.69 Å². The van der Waals surface area contributed by atoms with Gasteiger partial charge in [0.1, 0.15) is 5.75 Å². The average Bonchev–Trinajstić information content (AvgIpc) is 2.90. The van der Waals surface area contributed by atoms with Gasteiger partial charge in [0.15, 0.2) is 5.78 Å². The van der Waals surface area contributed by atoms with Gasteiger partial charge in [-0.2, -0.15) is 0 Å². The van der Waals surface area contributed by atoms with E-state index in [0.29, 0.717) is 17.9 Å². The quantitative estimate of drug-likeness (QED) is 0.669. The Morgan fingerprint density at radius 3 is 2.22 bits per heavy atom. The molecule has 2 atom stereocenters. The maximum atomic E-state index is 13.1. The van der Waals surface area contributed by atoms with Gasteiger partial charge < -0.3 is 4.74 Å². The molecule has 2 aromatic carbocycles. The van der Waals surface area contributed by atoms with Crippen LogP contribution in [0.25, 0.3) is 0 Å².